The Hall–Kier alpha value is -1.79. The van der Waals surface area contributed by atoms with E-state index in [0.29, 0.717) is 12.1 Å². The predicted molar refractivity (Wildman–Crippen MR) is 77.4 cm³/mol. The zero-order valence-corrected chi connectivity index (χ0v) is 11.8. The van der Waals surface area contributed by atoms with Gasteiger partial charge in [0.25, 0.3) is 0 Å². The minimum atomic E-state index is -0.792. The highest BCUT2D eigenvalue weighted by atomic mass is 32.1. The molecule has 0 fully saturated rings. The summed E-state index contributed by atoms with van der Waals surface area (Å²) < 4.78 is 13.5. The summed E-state index contributed by atoms with van der Waals surface area (Å²) in [6.45, 7) is 2.54. The zero-order valence-electron chi connectivity index (χ0n) is 11.0. The van der Waals surface area contributed by atoms with E-state index in [9.17, 15) is 14.5 Å². The lowest BCUT2D eigenvalue weighted by Crippen LogP contribution is -2.27. The molecule has 0 aliphatic carbocycles. The largest absolute Gasteiger partial charge is 0.310 e. The van der Waals surface area contributed by atoms with Crippen LogP contribution in [0, 0.1) is 15.9 Å². The Labute approximate surface area is 120 Å². The molecule has 0 spiro atoms. The molecular formula is C14H15FN2O2S. The molecule has 2 rings (SSSR count). The van der Waals surface area contributed by atoms with E-state index in [0.717, 1.165) is 6.42 Å². The molecule has 0 saturated heterocycles. The highest BCUT2D eigenvalue weighted by molar-refractivity contribution is 7.07. The summed E-state index contributed by atoms with van der Waals surface area (Å²) in [6, 6.07) is 6.32. The standard InChI is InChI=1S/C14H15FN2O2S/c1-10(6-12-4-5-20-9-12)16-8-11-2-3-14(17(18)19)13(15)7-11/h2-5,7,9-10,16H,6,8H2,1H3. The molecule has 0 amide bonds. The minimum absolute atomic E-state index is 0.253. The molecule has 1 aromatic carbocycles. The van der Waals surface area contributed by atoms with Crippen LogP contribution in [0.5, 0.6) is 0 Å². The quantitative estimate of drug-likeness (QED) is 0.655. The normalized spacial score (nSPS) is 12.3. The van der Waals surface area contributed by atoms with Crippen molar-refractivity contribution in [1.29, 1.82) is 0 Å². The molecule has 106 valence electrons. The van der Waals surface area contributed by atoms with Crippen LogP contribution in [0.25, 0.3) is 0 Å². The van der Waals surface area contributed by atoms with E-state index in [1.807, 2.05) is 5.38 Å². The third-order valence-corrected chi connectivity index (χ3v) is 3.72. The second-order valence-electron chi connectivity index (χ2n) is 4.66. The average Bonchev–Trinajstić information content (AvgIpc) is 2.89. The second kappa shape index (κ2) is 6.58. The van der Waals surface area contributed by atoms with Crippen LogP contribution in [0.2, 0.25) is 0 Å². The average molecular weight is 294 g/mol. The van der Waals surface area contributed by atoms with Crippen molar-refractivity contribution in [3.63, 3.8) is 0 Å². The Morgan fingerprint density at radius 1 is 1.40 bits per heavy atom. The van der Waals surface area contributed by atoms with Gasteiger partial charge in [0.15, 0.2) is 0 Å². The number of hydrogen-bond donors (Lipinski definition) is 1. The number of nitrogens with one attached hydrogen (secondary N) is 1. The fourth-order valence-corrected chi connectivity index (χ4v) is 2.62. The van der Waals surface area contributed by atoms with Crippen molar-refractivity contribution in [2.24, 2.45) is 0 Å². The van der Waals surface area contributed by atoms with Crippen LogP contribution in [0.1, 0.15) is 18.1 Å². The number of nitrogens with zero attached hydrogens (tertiary/aromatic N) is 1. The van der Waals surface area contributed by atoms with Crippen molar-refractivity contribution in [2.75, 3.05) is 0 Å². The van der Waals surface area contributed by atoms with Gasteiger partial charge in [-0.05, 0) is 47.4 Å². The lowest BCUT2D eigenvalue weighted by Gasteiger charge is -2.13. The maximum atomic E-state index is 13.5. The molecule has 4 nitrogen and oxygen atoms in total. The number of rotatable bonds is 6. The molecule has 0 aliphatic rings. The van der Waals surface area contributed by atoms with Gasteiger partial charge in [0.1, 0.15) is 0 Å². The van der Waals surface area contributed by atoms with Crippen LogP contribution in [0.15, 0.2) is 35.0 Å². The van der Waals surface area contributed by atoms with Gasteiger partial charge in [0, 0.05) is 18.7 Å². The van der Waals surface area contributed by atoms with Gasteiger partial charge in [-0.15, -0.1) is 0 Å². The highest BCUT2D eigenvalue weighted by Crippen LogP contribution is 2.18. The van der Waals surface area contributed by atoms with Crippen LogP contribution >= 0.6 is 11.3 Å². The monoisotopic (exact) mass is 294 g/mol. The number of benzene rings is 1. The van der Waals surface area contributed by atoms with Crippen LogP contribution in [-0.2, 0) is 13.0 Å². The molecule has 0 radical (unpaired) electrons. The molecule has 1 unspecified atom stereocenters. The number of halogens is 1. The van der Waals surface area contributed by atoms with Crippen LogP contribution in [0.3, 0.4) is 0 Å². The van der Waals surface area contributed by atoms with Gasteiger partial charge in [-0.2, -0.15) is 15.7 Å². The first-order valence-corrected chi connectivity index (χ1v) is 7.18. The van der Waals surface area contributed by atoms with Gasteiger partial charge in [-0.3, -0.25) is 10.1 Å². The lowest BCUT2D eigenvalue weighted by atomic mass is 10.1. The topological polar surface area (TPSA) is 55.2 Å². The predicted octanol–water partition coefficient (Wildman–Crippen LogP) is 3.52. The van der Waals surface area contributed by atoms with Gasteiger partial charge in [-0.25, -0.2) is 0 Å². The van der Waals surface area contributed by atoms with Crippen molar-refractivity contribution in [3.8, 4) is 0 Å². The fraction of sp³-hybridized carbons (Fsp3) is 0.286. The maximum absolute atomic E-state index is 13.5. The van der Waals surface area contributed by atoms with Gasteiger partial charge in [0.05, 0.1) is 4.92 Å². The summed E-state index contributed by atoms with van der Waals surface area (Å²) in [5, 5.41) is 17.9. The van der Waals surface area contributed by atoms with E-state index in [1.54, 1.807) is 17.4 Å². The summed E-state index contributed by atoms with van der Waals surface area (Å²) in [6.07, 6.45) is 0.902. The Morgan fingerprint density at radius 2 is 2.20 bits per heavy atom. The van der Waals surface area contributed by atoms with E-state index < -0.39 is 16.4 Å². The van der Waals surface area contributed by atoms with Gasteiger partial charge < -0.3 is 5.32 Å². The van der Waals surface area contributed by atoms with Gasteiger partial charge in [0.2, 0.25) is 5.82 Å². The third-order valence-electron chi connectivity index (χ3n) is 2.99. The Kier molecular flexibility index (Phi) is 4.81. The SMILES string of the molecule is CC(Cc1ccsc1)NCc1ccc([N+](=O)[O-])c(F)c1. The smallest absolute Gasteiger partial charge is 0.304 e. The molecule has 1 atom stereocenters. The minimum Gasteiger partial charge on any atom is -0.310 e. The van der Waals surface area contributed by atoms with Crippen LogP contribution in [0.4, 0.5) is 10.1 Å². The Balaban J connectivity index is 1.90. The van der Waals surface area contributed by atoms with Gasteiger partial charge >= 0.3 is 5.69 Å². The number of hydrogen-bond acceptors (Lipinski definition) is 4. The molecule has 6 heteroatoms. The fourth-order valence-electron chi connectivity index (χ4n) is 1.94. The first-order valence-electron chi connectivity index (χ1n) is 6.23. The first kappa shape index (κ1) is 14.6. The van der Waals surface area contributed by atoms with E-state index in [1.165, 1.54) is 17.7 Å². The molecule has 0 saturated carbocycles. The summed E-state index contributed by atoms with van der Waals surface area (Å²) in [7, 11) is 0. The molecular weight excluding hydrogens is 279 g/mol. The maximum Gasteiger partial charge on any atom is 0.304 e. The Bertz CT molecular complexity index is 587. The van der Waals surface area contributed by atoms with Crippen LogP contribution < -0.4 is 5.32 Å². The molecule has 0 bridgehead atoms. The molecule has 0 aliphatic heterocycles. The molecule has 1 N–H and O–H groups in total. The molecule has 20 heavy (non-hydrogen) atoms. The van der Waals surface area contributed by atoms with E-state index in [2.05, 4.69) is 23.7 Å². The molecule has 1 heterocycles. The highest BCUT2D eigenvalue weighted by Gasteiger charge is 2.13. The summed E-state index contributed by atoms with van der Waals surface area (Å²) in [4.78, 5) is 9.81. The third kappa shape index (κ3) is 3.85. The van der Waals surface area contributed by atoms with Crippen molar-refractivity contribution in [2.45, 2.75) is 25.9 Å². The van der Waals surface area contributed by atoms with Crippen molar-refractivity contribution in [1.82, 2.24) is 5.32 Å². The van der Waals surface area contributed by atoms with E-state index >= 15 is 0 Å². The van der Waals surface area contributed by atoms with Crippen molar-refractivity contribution in [3.05, 3.63) is 62.1 Å². The van der Waals surface area contributed by atoms with Crippen molar-refractivity contribution < 1.29 is 9.31 Å². The number of thiophene rings is 1. The first-order chi connectivity index (χ1) is 9.56. The number of nitro benzene ring substituents is 1. The molecule has 2 aromatic rings. The van der Waals surface area contributed by atoms with E-state index in [4.69, 9.17) is 0 Å². The summed E-state index contributed by atoms with van der Waals surface area (Å²) >= 11 is 1.66. The van der Waals surface area contributed by atoms with E-state index in [-0.39, 0.29) is 6.04 Å². The zero-order chi connectivity index (χ0) is 14.5. The van der Waals surface area contributed by atoms with Crippen molar-refractivity contribution >= 4 is 17.0 Å². The summed E-state index contributed by atoms with van der Waals surface area (Å²) in [5.41, 5.74) is 1.48. The summed E-state index contributed by atoms with van der Waals surface area (Å²) in [5.74, 6) is -0.792. The van der Waals surface area contributed by atoms with Crippen LogP contribution in [-0.4, -0.2) is 11.0 Å². The van der Waals surface area contributed by atoms with Gasteiger partial charge in [-0.1, -0.05) is 6.07 Å². The molecule has 1 aromatic heterocycles. The number of nitro groups is 1. The Morgan fingerprint density at radius 3 is 2.80 bits per heavy atom. The lowest BCUT2D eigenvalue weighted by molar-refractivity contribution is -0.387. The second-order valence-corrected chi connectivity index (χ2v) is 5.44.